The van der Waals surface area contributed by atoms with Crippen LogP contribution in [0.3, 0.4) is 0 Å². The standard InChI is InChI=1S/C25H35NO/c1-2-3-4-5-6-13-18-25(27)19-24(23-16-11-8-12-17-23)21-26-20-22-14-9-7-10-15-22/h7-12,14-17,19,25-27H,2-6,13,18,20-21H2,1H3/b24-19+/t25-/m0/s1. The molecule has 2 N–H and O–H groups in total. The summed E-state index contributed by atoms with van der Waals surface area (Å²) >= 11 is 0. The molecule has 0 fully saturated rings. The van der Waals surface area contributed by atoms with Crippen LogP contribution in [0.25, 0.3) is 5.57 Å². The van der Waals surface area contributed by atoms with E-state index in [0.717, 1.165) is 25.9 Å². The topological polar surface area (TPSA) is 32.3 Å². The number of benzene rings is 2. The Bertz CT molecular complexity index is 636. The average Bonchev–Trinajstić information content (AvgIpc) is 2.71. The third-order valence-corrected chi connectivity index (χ3v) is 4.88. The number of hydrogen-bond donors (Lipinski definition) is 2. The molecule has 0 aromatic heterocycles. The predicted molar refractivity (Wildman–Crippen MR) is 117 cm³/mol. The van der Waals surface area contributed by atoms with Gasteiger partial charge in [-0.1, -0.05) is 112 Å². The maximum atomic E-state index is 10.5. The van der Waals surface area contributed by atoms with Gasteiger partial charge in [0.2, 0.25) is 0 Å². The first-order valence-corrected chi connectivity index (χ1v) is 10.5. The van der Waals surface area contributed by atoms with Gasteiger partial charge in [0.1, 0.15) is 0 Å². The Morgan fingerprint density at radius 1 is 0.889 bits per heavy atom. The van der Waals surface area contributed by atoms with Gasteiger partial charge < -0.3 is 10.4 Å². The first kappa shape index (κ1) is 21.4. The molecule has 0 radical (unpaired) electrons. The first-order chi connectivity index (χ1) is 13.3. The van der Waals surface area contributed by atoms with Crippen molar-refractivity contribution in [3.63, 3.8) is 0 Å². The summed E-state index contributed by atoms with van der Waals surface area (Å²) in [7, 11) is 0. The molecule has 2 aromatic carbocycles. The van der Waals surface area contributed by atoms with Gasteiger partial charge in [-0.2, -0.15) is 0 Å². The van der Waals surface area contributed by atoms with Gasteiger partial charge in [-0.25, -0.2) is 0 Å². The van der Waals surface area contributed by atoms with Crippen LogP contribution in [0.2, 0.25) is 0 Å². The molecule has 27 heavy (non-hydrogen) atoms. The van der Waals surface area contributed by atoms with Crippen LogP contribution in [-0.4, -0.2) is 17.8 Å². The SMILES string of the molecule is CCCCCCCC[C@H](O)/C=C(\CNCc1ccccc1)c1ccccc1. The molecule has 0 aliphatic rings. The van der Waals surface area contributed by atoms with E-state index in [-0.39, 0.29) is 6.10 Å². The van der Waals surface area contributed by atoms with E-state index in [0.29, 0.717) is 0 Å². The van der Waals surface area contributed by atoms with Crippen LogP contribution >= 0.6 is 0 Å². The van der Waals surface area contributed by atoms with Crippen molar-refractivity contribution in [3.05, 3.63) is 77.9 Å². The molecule has 1 atom stereocenters. The summed E-state index contributed by atoms with van der Waals surface area (Å²) in [5.74, 6) is 0. The largest absolute Gasteiger partial charge is 0.389 e. The van der Waals surface area contributed by atoms with Crippen molar-refractivity contribution in [2.45, 2.75) is 64.5 Å². The second kappa shape index (κ2) is 13.3. The van der Waals surface area contributed by atoms with Crippen LogP contribution in [0.5, 0.6) is 0 Å². The fourth-order valence-corrected chi connectivity index (χ4v) is 3.30. The molecule has 0 amide bonds. The molecule has 0 unspecified atom stereocenters. The van der Waals surface area contributed by atoms with Crippen LogP contribution in [0.1, 0.15) is 63.0 Å². The Kier molecular flexibility index (Phi) is 10.5. The van der Waals surface area contributed by atoms with Crippen molar-refractivity contribution < 1.29 is 5.11 Å². The van der Waals surface area contributed by atoms with Gasteiger partial charge in [-0.3, -0.25) is 0 Å². The Labute approximate surface area is 165 Å². The van der Waals surface area contributed by atoms with E-state index in [9.17, 15) is 5.11 Å². The lowest BCUT2D eigenvalue weighted by atomic mass is 10.0. The third kappa shape index (κ3) is 9.03. The second-order valence-corrected chi connectivity index (χ2v) is 7.27. The van der Waals surface area contributed by atoms with E-state index in [1.165, 1.54) is 48.8 Å². The number of unbranched alkanes of at least 4 members (excludes halogenated alkanes) is 5. The summed E-state index contributed by atoms with van der Waals surface area (Å²) in [6.45, 7) is 3.83. The van der Waals surface area contributed by atoms with Crippen molar-refractivity contribution in [3.8, 4) is 0 Å². The van der Waals surface area contributed by atoms with E-state index in [2.05, 4.69) is 60.8 Å². The average molecular weight is 366 g/mol. The third-order valence-electron chi connectivity index (χ3n) is 4.88. The summed E-state index contributed by atoms with van der Waals surface area (Å²) in [4.78, 5) is 0. The van der Waals surface area contributed by atoms with Gasteiger partial charge in [0.05, 0.1) is 6.10 Å². The molecule has 0 saturated heterocycles. The summed E-state index contributed by atoms with van der Waals surface area (Å²) in [6, 6.07) is 20.8. The van der Waals surface area contributed by atoms with Crippen molar-refractivity contribution in [1.82, 2.24) is 5.32 Å². The Morgan fingerprint density at radius 2 is 1.52 bits per heavy atom. The molecule has 0 aliphatic heterocycles. The van der Waals surface area contributed by atoms with Gasteiger partial charge in [-0.05, 0) is 23.1 Å². The van der Waals surface area contributed by atoms with Crippen molar-refractivity contribution >= 4 is 5.57 Å². The lowest BCUT2D eigenvalue weighted by Gasteiger charge is -2.13. The van der Waals surface area contributed by atoms with Crippen LogP contribution in [0.4, 0.5) is 0 Å². The highest BCUT2D eigenvalue weighted by Crippen LogP contribution is 2.17. The zero-order valence-electron chi connectivity index (χ0n) is 16.7. The smallest absolute Gasteiger partial charge is 0.0727 e. The van der Waals surface area contributed by atoms with Crippen LogP contribution < -0.4 is 5.32 Å². The molecule has 146 valence electrons. The van der Waals surface area contributed by atoms with E-state index in [1.807, 2.05) is 18.2 Å². The monoisotopic (exact) mass is 365 g/mol. The summed E-state index contributed by atoms with van der Waals surface area (Å²) in [5, 5.41) is 14.0. The minimum absolute atomic E-state index is 0.370. The zero-order chi connectivity index (χ0) is 19.2. The van der Waals surface area contributed by atoms with Gasteiger partial charge in [0.25, 0.3) is 0 Å². The van der Waals surface area contributed by atoms with Gasteiger partial charge in [-0.15, -0.1) is 0 Å². The Morgan fingerprint density at radius 3 is 2.22 bits per heavy atom. The van der Waals surface area contributed by atoms with Crippen LogP contribution in [-0.2, 0) is 6.54 Å². The highest BCUT2D eigenvalue weighted by atomic mass is 16.3. The minimum atomic E-state index is -0.370. The normalized spacial score (nSPS) is 12.9. The fraction of sp³-hybridized carbons (Fsp3) is 0.440. The van der Waals surface area contributed by atoms with Crippen molar-refractivity contribution in [2.24, 2.45) is 0 Å². The molecule has 0 heterocycles. The van der Waals surface area contributed by atoms with Gasteiger partial charge in [0.15, 0.2) is 0 Å². The van der Waals surface area contributed by atoms with E-state index < -0.39 is 0 Å². The Balaban J connectivity index is 1.86. The van der Waals surface area contributed by atoms with E-state index >= 15 is 0 Å². The fourth-order valence-electron chi connectivity index (χ4n) is 3.30. The van der Waals surface area contributed by atoms with Crippen molar-refractivity contribution in [2.75, 3.05) is 6.54 Å². The Hall–Kier alpha value is -1.90. The lowest BCUT2D eigenvalue weighted by Crippen LogP contribution is -2.17. The van der Waals surface area contributed by atoms with Crippen LogP contribution in [0, 0.1) is 0 Å². The van der Waals surface area contributed by atoms with Crippen LogP contribution in [0.15, 0.2) is 66.7 Å². The van der Waals surface area contributed by atoms with E-state index in [1.54, 1.807) is 0 Å². The second-order valence-electron chi connectivity index (χ2n) is 7.27. The molecule has 2 nitrogen and oxygen atoms in total. The summed E-state index contributed by atoms with van der Waals surface area (Å²) in [5.41, 5.74) is 3.63. The molecule has 0 bridgehead atoms. The van der Waals surface area contributed by atoms with Gasteiger partial charge in [0, 0.05) is 13.1 Å². The molecular weight excluding hydrogens is 330 g/mol. The molecule has 2 rings (SSSR count). The number of aliphatic hydroxyl groups is 1. The first-order valence-electron chi connectivity index (χ1n) is 10.5. The molecule has 0 saturated carbocycles. The summed E-state index contributed by atoms with van der Waals surface area (Å²) < 4.78 is 0. The molecule has 0 aliphatic carbocycles. The quantitative estimate of drug-likeness (QED) is 0.429. The molecular formula is C25H35NO. The molecule has 2 aromatic rings. The molecule has 0 spiro atoms. The summed E-state index contributed by atoms with van der Waals surface area (Å²) in [6.07, 6.45) is 10.1. The van der Waals surface area contributed by atoms with E-state index in [4.69, 9.17) is 0 Å². The highest BCUT2D eigenvalue weighted by Gasteiger charge is 2.06. The number of aliphatic hydroxyl groups excluding tert-OH is 1. The minimum Gasteiger partial charge on any atom is -0.389 e. The maximum absolute atomic E-state index is 10.5. The van der Waals surface area contributed by atoms with Gasteiger partial charge >= 0.3 is 0 Å². The molecule has 2 heteroatoms. The number of rotatable bonds is 13. The van der Waals surface area contributed by atoms with Crippen molar-refractivity contribution in [1.29, 1.82) is 0 Å². The number of hydrogen-bond acceptors (Lipinski definition) is 2. The maximum Gasteiger partial charge on any atom is 0.0727 e. The lowest BCUT2D eigenvalue weighted by molar-refractivity contribution is 0.208. The number of nitrogens with one attached hydrogen (secondary N) is 1. The zero-order valence-corrected chi connectivity index (χ0v) is 16.7. The predicted octanol–water partition coefficient (Wildman–Crippen LogP) is 5.97. The highest BCUT2D eigenvalue weighted by molar-refractivity contribution is 5.67.